The number of furan rings is 1. The normalized spacial score (nSPS) is 12.2. The van der Waals surface area contributed by atoms with Crippen molar-refractivity contribution in [1.82, 2.24) is 4.57 Å². The summed E-state index contributed by atoms with van der Waals surface area (Å²) in [5.41, 5.74) is 8.31. The predicted octanol–water partition coefficient (Wildman–Crippen LogP) is 7.25. The number of rotatable bonds is 2. The number of aryl methyl sites for hydroxylation is 3. The maximum Gasteiger partial charge on any atom is 0.286 e. The zero-order chi connectivity index (χ0) is 22.1. The van der Waals surface area contributed by atoms with Crippen LogP contribution in [0.2, 0.25) is 0 Å². The molecule has 0 amide bonds. The lowest BCUT2D eigenvalue weighted by atomic mass is 9.92. The molecule has 0 aliphatic rings. The SMILES string of the molecule is Cc1cc[n+](C)c(-n2c3ccccc3c3c4c(oc5ccccc54)c(C(C)C)c(C)c32)c1. The first kappa shape index (κ1) is 19.1. The van der Waals surface area contributed by atoms with E-state index in [-0.39, 0.29) is 0 Å². The Bertz CT molecular complexity index is 1680. The van der Waals surface area contributed by atoms with Gasteiger partial charge in [-0.3, -0.25) is 0 Å². The number of pyridine rings is 1. The number of para-hydroxylation sites is 2. The molecule has 3 heterocycles. The van der Waals surface area contributed by atoms with Crippen LogP contribution < -0.4 is 4.57 Å². The highest BCUT2D eigenvalue weighted by Crippen LogP contribution is 2.46. The van der Waals surface area contributed by atoms with Crippen LogP contribution in [0.3, 0.4) is 0 Å². The van der Waals surface area contributed by atoms with Crippen molar-refractivity contribution in [2.24, 2.45) is 7.05 Å². The summed E-state index contributed by atoms with van der Waals surface area (Å²) in [5.74, 6) is 1.52. The third-order valence-electron chi connectivity index (χ3n) is 6.81. The molecule has 0 saturated carbocycles. The van der Waals surface area contributed by atoms with Gasteiger partial charge in [0, 0.05) is 38.7 Å². The van der Waals surface area contributed by atoms with Crippen LogP contribution in [-0.4, -0.2) is 4.57 Å². The highest BCUT2D eigenvalue weighted by atomic mass is 16.3. The van der Waals surface area contributed by atoms with Gasteiger partial charge in [-0.2, -0.15) is 4.57 Å². The fourth-order valence-electron chi connectivity index (χ4n) is 5.44. The number of nitrogens with zero attached hydrogens (tertiary/aromatic N) is 2. The van der Waals surface area contributed by atoms with E-state index in [2.05, 4.69) is 111 Å². The molecule has 3 aromatic heterocycles. The summed E-state index contributed by atoms with van der Waals surface area (Å²) in [6.07, 6.45) is 2.15. The number of hydrogen-bond acceptors (Lipinski definition) is 1. The molecule has 6 aromatic rings. The largest absolute Gasteiger partial charge is 0.456 e. The Balaban J connectivity index is 1.98. The Labute approximate surface area is 187 Å². The molecular formula is C29H27N2O+. The summed E-state index contributed by atoms with van der Waals surface area (Å²) in [6, 6.07) is 21.6. The number of hydrogen-bond donors (Lipinski definition) is 0. The van der Waals surface area contributed by atoms with Crippen molar-refractivity contribution in [3.05, 3.63) is 83.6 Å². The third-order valence-corrected chi connectivity index (χ3v) is 6.81. The summed E-state index contributed by atoms with van der Waals surface area (Å²) in [7, 11) is 2.12. The van der Waals surface area contributed by atoms with Crippen LogP contribution in [-0.2, 0) is 7.05 Å². The molecule has 0 aliphatic heterocycles. The zero-order valence-corrected chi connectivity index (χ0v) is 19.2. The van der Waals surface area contributed by atoms with Gasteiger partial charge in [0.05, 0.1) is 13.2 Å². The predicted molar refractivity (Wildman–Crippen MR) is 133 cm³/mol. The van der Waals surface area contributed by atoms with E-state index in [1.165, 1.54) is 55.1 Å². The minimum absolute atomic E-state index is 0.347. The summed E-state index contributed by atoms with van der Waals surface area (Å²) < 4.78 is 11.2. The topological polar surface area (TPSA) is 21.9 Å². The van der Waals surface area contributed by atoms with Crippen molar-refractivity contribution in [2.45, 2.75) is 33.6 Å². The summed E-state index contributed by atoms with van der Waals surface area (Å²) >= 11 is 0. The van der Waals surface area contributed by atoms with Gasteiger partial charge in [0.15, 0.2) is 0 Å². The smallest absolute Gasteiger partial charge is 0.286 e. The molecule has 6 rings (SSSR count). The van der Waals surface area contributed by atoms with Gasteiger partial charge >= 0.3 is 0 Å². The first-order chi connectivity index (χ1) is 15.5. The zero-order valence-electron chi connectivity index (χ0n) is 19.2. The van der Waals surface area contributed by atoms with Crippen molar-refractivity contribution < 1.29 is 8.98 Å². The molecule has 0 atom stereocenters. The molecule has 3 heteroatoms. The quantitative estimate of drug-likeness (QED) is 0.271. The molecule has 3 nitrogen and oxygen atoms in total. The van der Waals surface area contributed by atoms with Crippen LogP contribution in [0.5, 0.6) is 0 Å². The molecule has 0 fully saturated rings. The fourth-order valence-corrected chi connectivity index (χ4v) is 5.44. The van der Waals surface area contributed by atoms with Crippen molar-refractivity contribution in [3.63, 3.8) is 0 Å². The Morgan fingerprint density at radius 2 is 1.59 bits per heavy atom. The van der Waals surface area contributed by atoms with Crippen LogP contribution in [0, 0.1) is 13.8 Å². The van der Waals surface area contributed by atoms with E-state index < -0.39 is 0 Å². The van der Waals surface area contributed by atoms with Gasteiger partial charge in [-0.25, -0.2) is 4.57 Å². The molecule has 0 spiro atoms. The molecule has 0 N–H and O–H groups in total. The second-order valence-corrected chi connectivity index (χ2v) is 9.25. The van der Waals surface area contributed by atoms with Crippen molar-refractivity contribution in [2.75, 3.05) is 0 Å². The summed E-state index contributed by atoms with van der Waals surface area (Å²) in [6.45, 7) is 8.95. The molecule has 0 saturated heterocycles. The number of fused-ring (bicyclic) bond motifs is 7. The summed E-state index contributed by atoms with van der Waals surface area (Å²) in [5, 5.41) is 4.96. The minimum Gasteiger partial charge on any atom is -0.456 e. The van der Waals surface area contributed by atoms with E-state index in [1.807, 2.05) is 0 Å². The number of benzene rings is 3. The van der Waals surface area contributed by atoms with Crippen LogP contribution in [0.25, 0.3) is 49.6 Å². The van der Waals surface area contributed by atoms with Gasteiger partial charge in [0.1, 0.15) is 22.2 Å². The van der Waals surface area contributed by atoms with E-state index in [4.69, 9.17) is 4.42 Å². The Morgan fingerprint density at radius 1 is 0.875 bits per heavy atom. The summed E-state index contributed by atoms with van der Waals surface area (Å²) in [4.78, 5) is 0. The standard InChI is InChI=1S/C29H27N2O/c1-17(2)25-19(4)28-26(27-21-11-7-9-13-23(21)32-29(25)27)20-10-6-8-12-22(20)31(28)24-16-18(3)14-15-30(24)5/h6-17H,1-5H3/q+1. The first-order valence-electron chi connectivity index (χ1n) is 11.3. The van der Waals surface area contributed by atoms with E-state index in [0.717, 1.165) is 11.2 Å². The monoisotopic (exact) mass is 419 g/mol. The Morgan fingerprint density at radius 3 is 2.38 bits per heavy atom. The molecule has 32 heavy (non-hydrogen) atoms. The average molecular weight is 420 g/mol. The highest BCUT2D eigenvalue weighted by molar-refractivity contribution is 6.28. The van der Waals surface area contributed by atoms with Crippen LogP contribution >= 0.6 is 0 Å². The third kappa shape index (κ3) is 2.45. The van der Waals surface area contributed by atoms with Crippen LogP contribution in [0.1, 0.15) is 36.5 Å². The molecule has 0 unspecified atom stereocenters. The number of aromatic nitrogens is 2. The maximum absolute atomic E-state index is 6.53. The maximum atomic E-state index is 6.53. The first-order valence-corrected chi connectivity index (χ1v) is 11.3. The second kappa shape index (κ2) is 6.70. The van der Waals surface area contributed by atoms with Gasteiger partial charge in [0.25, 0.3) is 5.82 Å². The van der Waals surface area contributed by atoms with Gasteiger partial charge in [-0.15, -0.1) is 0 Å². The Kier molecular flexibility index (Phi) is 4.00. The molecule has 158 valence electrons. The van der Waals surface area contributed by atoms with Gasteiger partial charge in [-0.1, -0.05) is 44.2 Å². The Hall–Kier alpha value is -3.59. The molecule has 0 aliphatic carbocycles. The average Bonchev–Trinajstić information content (AvgIpc) is 3.31. The van der Waals surface area contributed by atoms with E-state index >= 15 is 0 Å². The van der Waals surface area contributed by atoms with E-state index in [9.17, 15) is 0 Å². The minimum atomic E-state index is 0.347. The van der Waals surface area contributed by atoms with Crippen molar-refractivity contribution in [1.29, 1.82) is 0 Å². The van der Waals surface area contributed by atoms with Crippen LogP contribution in [0.4, 0.5) is 0 Å². The second-order valence-electron chi connectivity index (χ2n) is 9.25. The van der Waals surface area contributed by atoms with E-state index in [1.54, 1.807) is 0 Å². The fraction of sp³-hybridized carbons (Fsp3) is 0.207. The van der Waals surface area contributed by atoms with E-state index in [0.29, 0.717) is 5.92 Å². The molecular weight excluding hydrogens is 392 g/mol. The lowest BCUT2D eigenvalue weighted by molar-refractivity contribution is -0.665. The molecule has 3 aromatic carbocycles. The lowest BCUT2D eigenvalue weighted by Gasteiger charge is -2.13. The lowest BCUT2D eigenvalue weighted by Crippen LogP contribution is -2.33. The van der Waals surface area contributed by atoms with Crippen molar-refractivity contribution >= 4 is 43.7 Å². The van der Waals surface area contributed by atoms with Gasteiger partial charge in [0.2, 0.25) is 0 Å². The van der Waals surface area contributed by atoms with Crippen LogP contribution in [0.15, 0.2) is 71.3 Å². The highest BCUT2D eigenvalue weighted by Gasteiger charge is 2.29. The molecule has 0 radical (unpaired) electrons. The van der Waals surface area contributed by atoms with Gasteiger partial charge < -0.3 is 4.42 Å². The van der Waals surface area contributed by atoms with Crippen molar-refractivity contribution in [3.8, 4) is 5.82 Å². The van der Waals surface area contributed by atoms with Gasteiger partial charge in [-0.05, 0) is 49.6 Å². The molecule has 0 bridgehead atoms.